The predicted octanol–water partition coefficient (Wildman–Crippen LogP) is 3.71. The Kier molecular flexibility index (Phi) is 7.87. The van der Waals surface area contributed by atoms with Crippen molar-refractivity contribution in [2.75, 3.05) is 28.2 Å². The predicted molar refractivity (Wildman–Crippen MR) is 140 cm³/mol. The molecule has 0 aliphatic heterocycles. The lowest BCUT2D eigenvalue weighted by atomic mass is 10.2. The first-order chi connectivity index (χ1) is 17.3. The second-order valence-electron chi connectivity index (χ2n) is 9.10. The molecule has 2 atom stereocenters. The van der Waals surface area contributed by atoms with Crippen molar-refractivity contribution in [3.05, 3.63) is 85.2 Å². The van der Waals surface area contributed by atoms with Crippen LogP contribution in [0.3, 0.4) is 0 Å². The number of likely N-dealkylation sites (N-methyl/N-ethyl adjacent to an activating group) is 2. The number of benzene rings is 2. The van der Waals surface area contributed by atoms with Gasteiger partial charge in [-0.1, -0.05) is 36.4 Å². The third-order valence-electron chi connectivity index (χ3n) is 6.08. The van der Waals surface area contributed by atoms with E-state index < -0.39 is 24.4 Å². The molecule has 0 aliphatic rings. The summed E-state index contributed by atoms with van der Waals surface area (Å²) in [5, 5.41) is 2.24. The average Bonchev–Trinajstić information content (AvgIpc) is 3.46. The molecule has 0 spiro atoms. The lowest BCUT2D eigenvalue weighted by Gasteiger charge is -2.25. The molecule has 2 heterocycles. The van der Waals surface area contributed by atoms with Gasteiger partial charge in [-0.05, 0) is 63.2 Å². The van der Waals surface area contributed by atoms with E-state index in [1.54, 1.807) is 0 Å². The fraction of sp³-hybridized carbons (Fsp3) is 0.286. The van der Waals surface area contributed by atoms with Crippen molar-refractivity contribution >= 4 is 33.7 Å². The molecule has 0 saturated heterocycles. The number of carbonyl (C=O) groups is 2. The van der Waals surface area contributed by atoms with E-state index in [0.29, 0.717) is 13.1 Å². The maximum atomic E-state index is 12.5. The van der Waals surface area contributed by atoms with Gasteiger partial charge >= 0.3 is 11.9 Å². The molecule has 4 aromatic rings. The molecule has 8 heteroatoms. The Morgan fingerprint density at radius 2 is 1.08 bits per heavy atom. The van der Waals surface area contributed by atoms with Crippen LogP contribution in [0.1, 0.15) is 0 Å². The minimum Gasteiger partial charge on any atom is -0.441 e. The molecule has 0 amide bonds. The van der Waals surface area contributed by atoms with Gasteiger partial charge in [-0.15, -0.1) is 0 Å². The second-order valence-corrected chi connectivity index (χ2v) is 9.10. The summed E-state index contributed by atoms with van der Waals surface area (Å²) in [4.78, 5) is 28.7. The van der Waals surface area contributed by atoms with E-state index >= 15 is 0 Å². The number of hydrogen-bond donors (Lipinski definition) is 0. The van der Waals surface area contributed by atoms with Crippen LogP contribution in [0.5, 0.6) is 0 Å². The Hall–Kier alpha value is -3.88. The van der Waals surface area contributed by atoms with Gasteiger partial charge in [0, 0.05) is 35.6 Å². The molecule has 0 saturated carbocycles. The van der Waals surface area contributed by atoms with Gasteiger partial charge in [0.15, 0.2) is 12.5 Å². The highest BCUT2D eigenvalue weighted by atomic mass is 16.6. The lowest BCUT2D eigenvalue weighted by Crippen LogP contribution is -2.36. The number of hydrogen-bond acceptors (Lipinski definition) is 6. The number of carbonyl (C=O) groups excluding carboxylic acids is 2. The second kappa shape index (κ2) is 11.2. The maximum absolute atomic E-state index is 12.5. The number of nitrogens with zero attached hydrogens (tertiary/aromatic N) is 4. The fourth-order valence-corrected chi connectivity index (χ4v) is 4.03. The van der Waals surface area contributed by atoms with Gasteiger partial charge in [-0.3, -0.25) is 9.80 Å². The number of para-hydroxylation sites is 2. The van der Waals surface area contributed by atoms with Crippen LogP contribution in [-0.2, 0) is 32.2 Å². The van der Waals surface area contributed by atoms with Crippen molar-refractivity contribution in [1.29, 1.82) is 0 Å². The zero-order valence-electron chi connectivity index (χ0n) is 21.1. The van der Waals surface area contributed by atoms with E-state index in [9.17, 15) is 9.59 Å². The van der Waals surface area contributed by atoms with E-state index in [1.165, 1.54) is 0 Å². The quantitative estimate of drug-likeness (QED) is 0.193. The zero-order valence-corrected chi connectivity index (χ0v) is 21.1. The Morgan fingerprint density at radius 3 is 1.47 bits per heavy atom. The van der Waals surface area contributed by atoms with Gasteiger partial charge in [0.1, 0.15) is 0 Å². The summed E-state index contributed by atoms with van der Waals surface area (Å²) in [7, 11) is 7.37. The van der Waals surface area contributed by atoms with Crippen molar-refractivity contribution < 1.29 is 19.1 Å². The van der Waals surface area contributed by atoms with E-state index in [0.717, 1.165) is 34.0 Å². The molecule has 8 nitrogen and oxygen atoms in total. The number of fused-ring (bicyclic) bond motifs is 2. The fourth-order valence-electron chi connectivity index (χ4n) is 4.03. The van der Waals surface area contributed by atoms with Gasteiger partial charge < -0.3 is 18.6 Å². The van der Waals surface area contributed by atoms with Crippen LogP contribution < -0.4 is 0 Å². The number of rotatable bonds is 10. The Bertz CT molecular complexity index is 1260. The Morgan fingerprint density at radius 1 is 0.694 bits per heavy atom. The van der Waals surface area contributed by atoms with Crippen LogP contribution in [0.2, 0.25) is 0 Å². The van der Waals surface area contributed by atoms with Crippen LogP contribution in [0.25, 0.3) is 21.8 Å². The standard InChI is InChI=1S/C28H32N4O4/c1-29(2)25(19-31-17-15-21-9-5-7-11-23(21)31)35-27(33)13-14-28(34)36-26(30(3)4)20-32-18-16-22-10-6-8-12-24(22)32/h5-18,25-26H,19-20H2,1-4H3/b14-13+. The van der Waals surface area contributed by atoms with Crippen molar-refractivity contribution in [2.45, 2.75) is 25.5 Å². The van der Waals surface area contributed by atoms with E-state index in [2.05, 4.69) is 0 Å². The van der Waals surface area contributed by atoms with Crippen molar-refractivity contribution in [3.63, 3.8) is 0 Å². The van der Waals surface area contributed by atoms with Crippen LogP contribution >= 0.6 is 0 Å². The molecule has 188 valence electrons. The van der Waals surface area contributed by atoms with E-state index in [-0.39, 0.29) is 0 Å². The van der Waals surface area contributed by atoms with Crippen molar-refractivity contribution in [2.24, 2.45) is 0 Å². The number of esters is 2. The molecule has 0 radical (unpaired) electrons. The highest BCUT2D eigenvalue weighted by Crippen LogP contribution is 2.18. The van der Waals surface area contributed by atoms with Gasteiger partial charge in [-0.2, -0.15) is 0 Å². The third kappa shape index (κ3) is 6.02. The van der Waals surface area contributed by atoms with Gasteiger partial charge in [0.2, 0.25) is 0 Å². The van der Waals surface area contributed by atoms with Gasteiger partial charge in [0.05, 0.1) is 13.1 Å². The highest BCUT2D eigenvalue weighted by molar-refractivity contribution is 5.91. The van der Waals surface area contributed by atoms with Crippen LogP contribution in [0.15, 0.2) is 85.2 Å². The zero-order chi connectivity index (χ0) is 25.7. The highest BCUT2D eigenvalue weighted by Gasteiger charge is 2.19. The molecule has 2 aromatic carbocycles. The molecule has 2 unspecified atom stereocenters. The minimum atomic E-state index is -0.611. The monoisotopic (exact) mass is 488 g/mol. The molecular weight excluding hydrogens is 456 g/mol. The van der Waals surface area contributed by atoms with Crippen LogP contribution in [-0.4, -0.2) is 71.5 Å². The summed E-state index contributed by atoms with van der Waals surface area (Å²) < 4.78 is 15.3. The number of ether oxygens (including phenoxy) is 2. The van der Waals surface area contributed by atoms with Gasteiger partial charge in [-0.25, -0.2) is 9.59 Å². The minimum absolute atomic E-state index is 0.456. The summed E-state index contributed by atoms with van der Waals surface area (Å²) in [6, 6.07) is 20.1. The first-order valence-corrected chi connectivity index (χ1v) is 11.8. The summed E-state index contributed by atoms with van der Waals surface area (Å²) in [5.74, 6) is -1.22. The molecule has 4 rings (SSSR count). The maximum Gasteiger partial charge on any atom is 0.332 e. The van der Waals surface area contributed by atoms with E-state index in [4.69, 9.17) is 9.47 Å². The number of aromatic nitrogens is 2. The smallest absolute Gasteiger partial charge is 0.332 e. The average molecular weight is 489 g/mol. The van der Waals surface area contributed by atoms with Crippen LogP contribution in [0, 0.1) is 0 Å². The van der Waals surface area contributed by atoms with E-state index in [1.807, 2.05) is 120 Å². The largest absolute Gasteiger partial charge is 0.441 e. The lowest BCUT2D eigenvalue weighted by molar-refractivity contribution is -0.154. The first-order valence-electron chi connectivity index (χ1n) is 11.8. The normalized spacial score (nSPS) is 13.6. The van der Waals surface area contributed by atoms with Crippen molar-refractivity contribution in [3.8, 4) is 0 Å². The molecule has 0 N–H and O–H groups in total. The van der Waals surface area contributed by atoms with Crippen molar-refractivity contribution in [1.82, 2.24) is 18.9 Å². The third-order valence-corrected chi connectivity index (χ3v) is 6.08. The molecule has 36 heavy (non-hydrogen) atoms. The first kappa shape index (κ1) is 25.2. The SMILES string of the molecule is CN(C)C(Cn1ccc2ccccc21)OC(=O)/C=C/C(=O)OC(Cn1ccc2ccccc21)N(C)C. The topological polar surface area (TPSA) is 68.9 Å². The Labute approximate surface area is 210 Å². The molecular formula is C28H32N4O4. The summed E-state index contributed by atoms with van der Waals surface area (Å²) >= 11 is 0. The molecule has 0 fully saturated rings. The summed E-state index contributed by atoms with van der Waals surface area (Å²) in [6.45, 7) is 0.913. The molecule has 0 aliphatic carbocycles. The Balaban J connectivity index is 1.36. The summed E-state index contributed by atoms with van der Waals surface area (Å²) in [6.07, 6.45) is 5.15. The van der Waals surface area contributed by atoms with Gasteiger partial charge in [0.25, 0.3) is 0 Å². The molecule has 0 bridgehead atoms. The van der Waals surface area contributed by atoms with Crippen LogP contribution in [0.4, 0.5) is 0 Å². The molecule has 2 aromatic heterocycles. The summed E-state index contributed by atoms with van der Waals surface area (Å²) in [5.41, 5.74) is 2.12.